The molecule has 0 radical (unpaired) electrons. The fourth-order valence-corrected chi connectivity index (χ4v) is 3.90. The maximum absolute atomic E-state index is 12.7. The van der Waals surface area contributed by atoms with Gasteiger partial charge in [0.05, 0.1) is 22.6 Å². The second kappa shape index (κ2) is 8.38. The Morgan fingerprint density at radius 3 is 2.38 bits per heavy atom. The van der Waals surface area contributed by atoms with Gasteiger partial charge in [0.1, 0.15) is 0 Å². The maximum Gasteiger partial charge on any atom is 0.243 e. The number of para-hydroxylation sites is 1. The van der Waals surface area contributed by atoms with E-state index in [2.05, 4.69) is 15.6 Å². The van der Waals surface area contributed by atoms with E-state index in [9.17, 15) is 18.0 Å². The molecular weight excluding hydrogens is 392 g/mol. The zero-order chi connectivity index (χ0) is 21.0. The molecule has 0 aliphatic heterocycles. The van der Waals surface area contributed by atoms with Crippen molar-refractivity contribution in [1.29, 1.82) is 0 Å². The fourth-order valence-electron chi connectivity index (χ4n) is 2.78. The van der Waals surface area contributed by atoms with E-state index in [1.54, 1.807) is 24.4 Å². The molecule has 150 valence electrons. The van der Waals surface area contributed by atoms with Crippen molar-refractivity contribution >= 4 is 44.1 Å². The molecule has 0 spiro atoms. The van der Waals surface area contributed by atoms with Crippen LogP contribution in [0.3, 0.4) is 0 Å². The molecule has 0 saturated heterocycles. The van der Waals surface area contributed by atoms with Gasteiger partial charge in [0, 0.05) is 31.2 Å². The number of aromatic nitrogens is 1. The van der Waals surface area contributed by atoms with E-state index < -0.39 is 15.9 Å². The zero-order valence-corrected chi connectivity index (χ0v) is 16.7. The molecule has 2 aromatic carbocycles. The number of fused-ring (bicyclic) bond motifs is 1. The summed E-state index contributed by atoms with van der Waals surface area (Å²) >= 11 is 0. The van der Waals surface area contributed by atoms with Gasteiger partial charge in [-0.3, -0.25) is 14.6 Å². The minimum Gasteiger partial charge on any atom is -0.326 e. The number of nitrogens with one attached hydrogen (secondary N) is 2. The lowest BCUT2D eigenvalue weighted by molar-refractivity contribution is -0.116. The van der Waals surface area contributed by atoms with E-state index in [4.69, 9.17) is 0 Å². The molecule has 2 amide bonds. The first-order chi connectivity index (χ1) is 13.8. The first kappa shape index (κ1) is 20.4. The van der Waals surface area contributed by atoms with Crippen LogP contribution in [-0.4, -0.2) is 43.1 Å². The second-order valence-electron chi connectivity index (χ2n) is 6.40. The van der Waals surface area contributed by atoms with Crippen LogP contribution in [0.15, 0.2) is 65.7 Å². The number of hydrogen-bond acceptors (Lipinski definition) is 5. The minimum atomic E-state index is -3.87. The van der Waals surface area contributed by atoms with Crippen molar-refractivity contribution in [2.24, 2.45) is 0 Å². The highest BCUT2D eigenvalue weighted by Gasteiger charge is 2.23. The van der Waals surface area contributed by atoms with E-state index in [1.165, 1.54) is 38.2 Å². The average Bonchev–Trinajstić information content (AvgIpc) is 2.68. The summed E-state index contributed by atoms with van der Waals surface area (Å²) in [6.45, 7) is 1.00. The summed E-state index contributed by atoms with van der Waals surface area (Å²) in [6, 6.07) is 14.8. The van der Waals surface area contributed by atoms with Gasteiger partial charge in [-0.15, -0.1) is 0 Å². The van der Waals surface area contributed by atoms with E-state index >= 15 is 0 Å². The number of sulfonamides is 1. The van der Waals surface area contributed by atoms with E-state index in [0.29, 0.717) is 16.9 Å². The summed E-state index contributed by atoms with van der Waals surface area (Å²) in [5.74, 6) is -0.735. The van der Waals surface area contributed by atoms with Crippen LogP contribution in [0.25, 0.3) is 10.9 Å². The van der Waals surface area contributed by atoms with Gasteiger partial charge in [-0.25, -0.2) is 8.42 Å². The fraction of sp³-hybridized carbons (Fsp3) is 0.150. The molecule has 1 heterocycles. The minimum absolute atomic E-state index is 0.0220. The lowest BCUT2D eigenvalue weighted by Crippen LogP contribution is -2.35. The number of hydrogen-bond donors (Lipinski definition) is 2. The van der Waals surface area contributed by atoms with Crippen LogP contribution in [-0.2, 0) is 19.6 Å². The lowest BCUT2D eigenvalue weighted by atomic mass is 10.2. The summed E-state index contributed by atoms with van der Waals surface area (Å²) in [4.78, 5) is 27.8. The molecule has 2 N–H and O–H groups in total. The molecule has 1 aromatic heterocycles. The summed E-state index contributed by atoms with van der Waals surface area (Å²) in [5.41, 5.74) is 1.63. The Morgan fingerprint density at radius 1 is 1.00 bits per heavy atom. The second-order valence-corrected chi connectivity index (χ2v) is 8.44. The van der Waals surface area contributed by atoms with Crippen LogP contribution < -0.4 is 10.6 Å². The third-order valence-electron chi connectivity index (χ3n) is 4.16. The quantitative estimate of drug-likeness (QED) is 0.646. The molecule has 0 saturated carbocycles. The first-order valence-corrected chi connectivity index (χ1v) is 10.2. The topological polar surface area (TPSA) is 108 Å². The Bertz CT molecular complexity index is 1160. The Labute approximate surface area is 168 Å². The van der Waals surface area contributed by atoms with Crippen molar-refractivity contribution < 1.29 is 18.0 Å². The van der Waals surface area contributed by atoms with Crippen LogP contribution in [0.1, 0.15) is 6.92 Å². The van der Waals surface area contributed by atoms with Gasteiger partial charge in [-0.2, -0.15) is 4.31 Å². The van der Waals surface area contributed by atoms with Crippen molar-refractivity contribution in [3.05, 3.63) is 60.8 Å². The molecular formula is C20H20N4O4S. The molecule has 3 aromatic rings. The van der Waals surface area contributed by atoms with Crippen LogP contribution >= 0.6 is 0 Å². The first-order valence-electron chi connectivity index (χ1n) is 8.75. The number of pyridine rings is 1. The Morgan fingerprint density at radius 2 is 1.69 bits per heavy atom. The van der Waals surface area contributed by atoms with Crippen molar-refractivity contribution in [1.82, 2.24) is 9.29 Å². The normalized spacial score (nSPS) is 11.4. The van der Waals surface area contributed by atoms with Gasteiger partial charge in [-0.05, 0) is 36.4 Å². The van der Waals surface area contributed by atoms with Gasteiger partial charge >= 0.3 is 0 Å². The molecule has 8 nitrogen and oxygen atoms in total. The molecule has 0 aliphatic rings. The van der Waals surface area contributed by atoms with Crippen LogP contribution in [0.4, 0.5) is 11.4 Å². The summed E-state index contributed by atoms with van der Waals surface area (Å²) in [6.07, 6.45) is 1.62. The van der Waals surface area contributed by atoms with Gasteiger partial charge in [0.2, 0.25) is 21.8 Å². The van der Waals surface area contributed by atoms with Crippen LogP contribution in [0.2, 0.25) is 0 Å². The Balaban J connectivity index is 1.72. The third kappa shape index (κ3) is 4.76. The predicted octanol–water partition coefficient (Wildman–Crippen LogP) is 2.45. The summed E-state index contributed by atoms with van der Waals surface area (Å²) in [5, 5.41) is 6.15. The number of amides is 2. The van der Waals surface area contributed by atoms with Gasteiger partial charge < -0.3 is 10.6 Å². The van der Waals surface area contributed by atoms with Crippen molar-refractivity contribution in [2.75, 3.05) is 24.2 Å². The van der Waals surface area contributed by atoms with E-state index in [1.807, 2.05) is 12.1 Å². The van der Waals surface area contributed by atoms with Gasteiger partial charge in [0.15, 0.2) is 0 Å². The number of benzene rings is 2. The van der Waals surface area contributed by atoms with Gasteiger partial charge in [0.25, 0.3) is 0 Å². The largest absolute Gasteiger partial charge is 0.326 e. The number of carbonyl (C=O) groups is 2. The van der Waals surface area contributed by atoms with Crippen molar-refractivity contribution in [3.8, 4) is 0 Å². The summed E-state index contributed by atoms with van der Waals surface area (Å²) in [7, 11) is -2.54. The smallest absolute Gasteiger partial charge is 0.243 e. The molecule has 3 rings (SSSR count). The Hall–Kier alpha value is -3.30. The molecule has 0 unspecified atom stereocenters. The number of nitrogens with zero attached hydrogens (tertiary/aromatic N) is 2. The highest BCUT2D eigenvalue weighted by Crippen LogP contribution is 2.21. The molecule has 9 heteroatoms. The average molecular weight is 412 g/mol. The summed E-state index contributed by atoms with van der Waals surface area (Å²) < 4.78 is 26.4. The lowest BCUT2D eigenvalue weighted by Gasteiger charge is -2.17. The van der Waals surface area contributed by atoms with E-state index in [-0.39, 0.29) is 17.3 Å². The zero-order valence-electron chi connectivity index (χ0n) is 15.9. The van der Waals surface area contributed by atoms with E-state index in [0.717, 1.165) is 9.69 Å². The monoisotopic (exact) mass is 412 g/mol. The third-order valence-corrected chi connectivity index (χ3v) is 5.97. The predicted molar refractivity (Wildman–Crippen MR) is 111 cm³/mol. The van der Waals surface area contributed by atoms with Crippen LogP contribution in [0, 0.1) is 0 Å². The standard InChI is InChI=1S/C20H20N4O4S/c1-14(25)22-16-8-10-17(11-9-16)29(27,28)24(2)13-19(26)23-18-7-3-5-15-6-4-12-21-20(15)18/h3-12H,13H2,1-2H3,(H,22,25)(H,23,26). The Kier molecular flexibility index (Phi) is 5.90. The molecule has 0 bridgehead atoms. The molecule has 0 aliphatic carbocycles. The van der Waals surface area contributed by atoms with Crippen LogP contribution in [0.5, 0.6) is 0 Å². The molecule has 0 atom stereocenters. The number of anilines is 2. The molecule has 29 heavy (non-hydrogen) atoms. The van der Waals surface area contributed by atoms with Crippen molar-refractivity contribution in [2.45, 2.75) is 11.8 Å². The van der Waals surface area contributed by atoms with Crippen molar-refractivity contribution in [3.63, 3.8) is 0 Å². The number of likely N-dealkylation sites (N-methyl/N-ethyl adjacent to an activating group) is 1. The molecule has 0 fully saturated rings. The van der Waals surface area contributed by atoms with Gasteiger partial charge in [-0.1, -0.05) is 18.2 Å². The highest BCUT2D eigenvalue weighted by atomic mass is 32.2. The highest BCUT2D eigenvalue weighted by molar-refractivity contribution is 7.89. The maximum atomic E-state index is 12.7. The number of carbonyl (C=O) groups excluding carboxylic acids is 2. The number of rotatable bonds is 6. The SMILES string of the molecule is CC(=O)Nc1ccc(S(=O)(=O)N(C)CC(=O)Nc2cccc3cccnc23)cc1.